The van der Waals surface area contributed by atoms with Crippen molar-refractivity contribution >= 4 is 17.1 Å². The van der Waals surface area contributed by atoms with E-state index in [2.05, 4.69) is 15.5 Å². The highest BCUT2D eigenvalue weighted by molar-refractivity contribution is 6.00. The van der Waals surface area contributed by atoms with E-state index in [1.54, 1.807) is 31.3 Å². The van der Waals surface area contributed by atoms with Crippen molar-refractivity contribution in [1.82, 2.24) is 20.2 Å². The van der Waals surface area contributed by atoms with Crippen molar-refractivity contribution in [3.8, 4) is 0 Å². The summed E-state index contributed by atoms with van der Waals surface area (Å²) in [5.74, 6) is -2.05. The van der Waals surface area contributed by atoms with E-state index in [9.17, 15) is 18.7 Å². The summed E-state index contributed by atoms with van der Waals surface area (Å²) in [7, 11) is 1.71. The van der Waals surface area contributed by atoms with E-state index < -0.39 is 24.0 Å². The Labute approximate surface area is 224 Å². The molecule has 3 aromatic rings. The van der Waals surface area contributed by atoms with Crippen molar-refractivity contribution in [3.05, 3.63) is 89.3 Å². The Morgan fingerprint density at radius 3 is 2.18 bits per heavy atom. The third-order valence-corrected chi connectivity index (χ3v) is 7.13. The zero-order chi connectivity index (χ0) is 27.4. The lowest BCUT2D eigenvalue weighted by molar-refractivity contribution is -0.320. The molecule has 2 heterocycles. The van der Waals surface area contributed by atoms with Gasteiger partial charge in [0, 0.05) is 31.9 Å². The van der Waals surface area contributed by atoms with E-state index in [0.717, 1.165) is 19.3 Å². The summed E-state index contributed by atoms with van der Waals surface area (Å²) in [5, 5.41) is 21.5. The largest absolute Gasteiger partial charge is 0.481 e. The van der Waals surface area contributed by atoms with E-state index in [1.807, 2.05) is 12.2 Å². The fraction of sp³-hybridized carbons (Fsp3) is 0.379. The molecule has 5 rings (SSSR count). The SMILES string of the molecule is Cn1nnnc1C(C=C[C@@H]1C[C@H](CC(=O)O)OC2(CCCCC2)O1)=C(c1ccc(F)cc1)c1ccc(F)cc1. The molecule has 1 aromatic heterocycles. The van der Waals surface area contributed by atoms with E-state index in [4.69, 9.17) is 9.47 Å². The number of carbonyl (C=O) groups is 1. The number of rotatable bonds is 7. The van der Waals surface area contributed by atoms with Crippen LogP contribution in [0.1, 0.15) is 61.9 Å². The lowest BCUT2D eigenvalue weighted by Gasteiger charge is -2.46. The molecule has 8 nitrogen and oxygen atoms in total. The summed E-state index contributed by atoms with van der Waals surface area (Å²) < 4.78 is 41.9. The summed E-state index contributed by atoms with van der Waals surface area (Å²) in [6.45, 7) is 0. The number of aliphatic carboxylic acids is 1. The number of nitrogens with zero attached hydrogens (tertiary/aromatic N) is 4. The molecule has 0 bridgehead atoms. The average molecular weight is 537 g/mol. The zero-order valence-corrected chi connectivity index (χ0v) is 21.6. The molecule has 1 aliphatic carbocycles. The van der Waals surface area contributed by atoms with Crippen LogP contribution in [0.4, 0.5) is 8.78 Å². The van der Waals surface area contributed by atoms with Gasteiger partial charge in [-0.05, 0) is 64.2 Å². The van der Waals surface area contributed by atoms with Gasteiger partial charge in [-0.3, -0.25) is 4.79 Å². The molecule has 1 aliphatic heterocycles. The topological polar surface area (TPSA) is 99.4 Å². The molecule has 204 valence electrons. The smallest absolute Gasteiger partial charge is 0.305 e. The third-order valence-electron chi connectivity index (χ3n) is 7.13. The molecular formula is C29H30F2N4O4. The van der Waals surface area contributed by atoms with Crippen LogP contribution >= 0.6 is 0 Å². The molecule has 10 heteroatoms. The Balaban J connectivity index is 1.61. The molecule has 2 aliphatic rings. The van der Waals surface area contributed by atoms with Gasteiger partial charge in [-0.2, -0.15) is 0 Å². The van der Waals surface area contributed by atoms with E-state index in [1.165, 1.54) is 28.9 Å². The molecule has 0 radical (unpaired) electrons. The molecule has 0 amide bonds. The Morgan fingerprint density at radius 2 is 1.64 bits per heavy atom. The summed E-state index contributed by atoms with van der Waals surface area (Å²) in [4.78, 5) is 11.5. The molecule has 39 heavy (non-hydrogen) atoms. The highest BCUT2D eigenvalue weighted by atomic mass is 19.1. The van der Waals surface area contributed by atoms with Gasteiger partial charge in [-0.15, -0.1) is 5.10 Å². The maximum atomic E-state index is 13.8. The van der Waals surface area contributed by atoms with Gasteiger partial charge in [0.25, 0.3) is 0 Å². The van der Waals surface area contributed by atoms with E-state index in [-0.39, 0.29) is 18.1 Å². The average Bonchev–Trinajstić information content (AvgIpc) is 3.33. The van der Waals surface area contributed by atoms with E-state index >= 15 is 0 Å². The molecular weight excluding hydrogens is 506 g/mol. The first kappa shape index (κ1) is 26.8. The minimum absolute atomic E-state index is 0.109. The van der Waals surface area contributed by atoms with Gasteiger partial charge in [0.05, 0.1) is 18.6 Å². The van der Waals surface area contributed by atoms with Gasteiger partial charge in [0.15, 0.2) is 11.6 Å². The standard InChI is InChI=1S/C29H30F2N4O4/c1-35-28(32-33-34-35)25(27(19-5-9-21(30)10-6-19)20-7-11-22(31)12-8-20)14-13-23-17-24(18-26(36)37)39-29(38-23)15-3-2-4-16-29/h5-14,23-24H,2-4,15-18H2,1H3,(H,36,37)/t23-,24-/m1/s1. The first-order valence-corrected chi connectivity index (χ1v) is 13.1. The Kier molecular flexibility index (Phi) is 7.94. The molecule has 2 atom stereocenters. The van der Waals surface area contributed by atoms with Crippen LogP contribution in [0, 0.1) is 11.6 Å². The van der Waals surface area contributed by atoms with Crippen LogP contribution in [0.3, 0.4) is 0 Å². The second kappa shape index (κ2) is 11.5. The number of aromatic nitrogens is 4. The van der Waals surface area contributed by atoms with Gasteiger partial charge in [0.2, 0.25) is 0 Å². The number of hydrogen-bond acceptors (Lipinski definition) is 6. The molecule has 1 saturated heterocycles. The maximum Gasteiger partial charge on any atom is 0.305 e. The van der Waals surface area contributed by atoms with Crippen LogP contribution in [-0.2, 0) is 21.3 Å². The molecule has 2 aromatic carbocycles. The number of halogens is 2. The van der Waals surface area contributed by atoms with Crippen LogP contribution in [0.25, 0.3) is 11.1 Å². The molecule has 1 spiro atoms. The van der Waals surface area contributed by atoms with Crippen molar-refractivity contribution in [1.29, 1.82) is 0 Å². The van der Waals surface area contributed by atoms with Gasteiger partial charge >= 0.3 is 5.97 Å². The fourth-order valence-electron chi connectivity index (χ4n) is 5.37. The van der Waals surface area contributed by atoms with Crippen molar-refractivity contribution in [2.45, 2.75) is 62.9 Å². The predicted molar refractivity (Wildman–Crippen MR) is 139 cm³/mol. The van der Waals surface area contributed by atoms with Crippen LogP contribution in [-0.4, -0.2) is 49.3 Å². The van der Waals surface area contributed by atoms with Crippen LogP contribution < -0.4 is 0 Å². The Hall–Kier alpha value is -3.76. The van der Waals surface area contributed by atoms with Crippen molar-refractivity contribution in [3.63, 3.8) is 0 Å². The summed E-state index contributed by atoms with van der Waals surface area (Å²) in [6, 6.07) is 12.0. The Bertz CT molecular complexity index is 1320. The maximum absolute atomic E-state index is 13.8. The number of carboxylic acids is 1. The number of aryl methyl sites for hydroxylation is 1. The van der Waals surface area contributed by atoms with Gasteiger partial charge in [-0.1, -0.05) is 42.8 Å². The van der Waals surface area contributed by atoms with Crippen LogP contribution in [0.15, 0.2) is 60.7 Å². The van der Waals surface area contributed by atoms with Crippen molar-refractivity contribution < 1.29 is 28.2 Å². The summed E-state index contributed by atoms with van der Waals surface area (Å²) >= 11 is 0. The number of ether oxygens (including phenoxy) is 2. The molecule has 1 N–H and O–H groups in total. The highest BCUT2D eigenvalue weighted by Gasteiger charge is 2.43. The van der Waals surface area contributed by atoms with Gasteiger partial charge < -0.3 is 14.6 Å². The second-order valence-electron chi connectivity index (χ2n) is 9.99. The summed E-state index contributed by atoms with van der Waals surface area (Å²) in [5.41, 5.74) is 2.66. The second-order valence-corrected chi connectivity index (χ2v) is 9.99. The Morgan fingerprint density at radius 1 is 1.03 bits per heavy atom. The third kappa shape index (κ3) is 6.29. The number of hydrogen-bond donors (Lipinski definition) is 1. The monoisotopic (exact) mass is 536 g/mol. The first-order chi connectivity index (χ1) is 18.8. The van der Waals surface area contributed by atoms with E-state index in [0.29, 0.717) is 47.4 Å². The quantitative estimate of drug-likeness (QED) is 0.409. The van der Waals surface area contributed by atoms with Crippen LogP contribution in [0.5, 0.6) is 0 Å². The zero-order valence-electron chi connectivity index (χ0n) is 21.6. The summed E-state index contributed by atoms with van der Waals surface area (Å²) in [6.07, 6.45) is 7.49. The minimum atomic E-state index is -0.920. The molecule has 0 unspecified atom stereocenters. The predicted octanol–water partition coefficient (Wildman–Crippen LogP) is 5.31. The number of tetrazole rings is 1. The molecule has 2 fully saturated rings. The number of allylic oxidation sites excluding steroid dienone is 2. The fourth-order valence-corrected chi connectivity index (χ4v) is 5.37. The normalized spacial score (nSPS) is 20.8. The highest BCUT2D eigenvalue weighted by Crippen LogP contribution is 2.41. The van der Waals surface area contributed by atoms with Gasteiger partial charge in [-0.25, -0.2) is 13.5 Å². The minimum Gasteiger partial charge on any atom is -0.481 e. The lowest BCUT2D eigenvalue weighted by atomic mass is 9.90. The van der Waals surface area contributed by atoms with Crippen molar-refractivity contribution in [2.75, 3.05) is 0 Å². The lowest BCUT2D eigenvalue weighted by Crippen LogP contribution is -2.49. The van der Waals surface area contributed by atoms with Crippen molar-refractivity contribution in [2.24, 2.45) is 7.05 Å². The van der Waals surface area contributed by atoms with Gasteiger partial charge in [0.1, 0.15) is 11.6 Å². The first-order valence-electron chi connectivity index (χ1n) is 13.1. The number of benzene rings is 2. The number of carboxylic acid groups (broad SMARTS) is 1. The van der Waals surface area contributed by atoms with Crippen LogP contribution in [0.2, 0.25) is 0 Å². The molecule has 1 saturated carbocycles.